The van der Waals surface area contributed by atoms with Crippen molar-refractivity contribution in [3.63, 3.8) is 0 Å². The van der Waals surface area contributed by atoms with Gasteiger partial charge in [0.2, 0.25) is 11.7 Å². The highest BCUT2D eigenvalue weighted by Crippen LogP contribution is 2.48. The number of amides is 3. The predicted octanol–water partition coefficient (Wildman–Crippen LogP) is 4.08. The van der Waals surface area contributed by atoms with Gasteiger partial charge in [0.1, 0.15) is 11.1 Å². The van der Waals surface area contributed by atoms with Crippen molar-refractivity contribution in [3.05, 3.63) is 66.9 Å². The summed E-state index contributed by atoms with van der Waals surface area (Å²) < 4.78 is 34.0. The van der Waals surface area contributed by atoms with Gasteiger partial charge in [0.15, 0.2) is 10.8 Å². The Balaban J connectivity index is 1.45. The van der Waals surface area contributed by atoms with E-state index in [4.69, 9.17) is 4.74 Å². The van der Waals surface area contributed by atoms with Gasteiger partial charge in [-0.15, -0.1) is 16.8 Å². The summed E-state index contributed by atoms with van der Waals surface area (Å²) in [4.78, 5) is 61.1. The van der Waals surface area contributed by atoms with Crippen molar-refractivity contribution in [1.29, 1.82) is 0 Å². The van der Waals surface area contributed by atoms with Crippen LogP contribution in [0.2, 0.25) is 0 Å². The summed E-state index contributed by atoms with van der Waals surface area (Å²) in [5.74, 6) is -3.98. The van der Waals surface area contributed by atoms with Gasteiger partial charge in [0.25, 0.3) is 15.9 Å². The van der Waals surface area contributed by atoms with Crippen LogP contribution in [0.25, 0.3) is 11.4 Å². The minimum atomic E-state index is -4.38. The van der Waals surface area contributed by atoms with Crippen molar-refractivity contribution in [2.45, 2.75) is 102 Å². The van der Waals surface area contributed by atoms with E-state index in [1.165, 1.54) is 17.1 Å². The lowest BCUT2D eigenvalue weighted by Gasteiger charge is -2.34. The Morgan fingerprint density at radius 3 is 2.32 bits per heavy atom. The van der Waals surface area contributed by atoms with Gasteiger partial charge in [-0.3, -0.25) is 14.4 Å². The topological polar surface area (TPSA) is 204 Å². The summed E-state index contributed by atoms with van der Waals surface area (Å²) in [6.07, 6.45) is 2.89. The van der Waals surface area contributed by atoms with Crippen LogP contribution in [0.1, 0.15) is 78.8 Å². The number of hydrogen-bond acceptors (Lipinski definition) is 11. The zero-order valence-electron chi connectivity index (χ0n) is 31.1. The number of ketones is 1. The van der Waals surface area contributed by atoms with Crippen molar-refractivity contribution in [3.8, 4) is 11.4 Å². The number of benzene rings is 1. The molecule has 0 aliphatic heterocycles. The number of hydrogen-bond donors (Lipinski definition) is 3. The average Bonchev–Trinajstić information content (AvgIpc) is 3.38. The lowest BCUT2D eigenvalue weighted by atomic mass is 9.77. The number of tetrazole rings is 1. The number of aromatic nitrogens is 5. The van der Waals surface area contributed by atoms with Crippen LogP contribution >= 0.6 is 0 Å². The maximum absolute atomic E-state index is 14.6. The van der Waals surface area contributed by atoms with Gasteiger partial charge in [-0.05, 0) is 81.6 Å². The lowest BCUT2D eigenvalue weighted by Crippen LogP contribution is -2.56. The maximum atomic E-state index is 14.6. The van der Waals surface area contributed by atoms with Crippen molar-refractivity contribution < 1.29 is 32.3 Å². The van der Waals surface area contributed by atoms with Crippen molar-refractivity contribution >= 4 is 33.7 Å². The number of sulfonamides is 1. The predicted molar refractivity (Wildman–Crippen MR) is 194 cm³/mol. The monoisotopic (exact) mass is 748 g/mol. The molecule has 2 unspecified atom stereocenters. The molecular formula is C37H48N8O7S. The Morgan fingerprint density at radius 1 is 1.04 bits per heavy atom. The SMILES string of the molecule is C=CC[C@@H]1C[C@@]1(NC(=O)[C@@H]1C[C@@H](n2nnc(-c3ccccc3)n2)CC1C(=O)C(NC(=O)OC(C)(C)C)C(C)(C)C)C(=O)NS(=O)(=O)c1ccc(C)cn1. The third-order valence-electron chi connectivity index (χ3n) is 9.53. The summed E-state index contributed by atoms with van der Waals surface area (Å²) in [6, 6.07) is 10.5. The first-order chi connectivity index (χ1) is 24.7. The molecule has 3 aromatic rings. The van der Waals surface area contributed by atoms with Gasteiger partial charge in [-0.25, -0.2) is 14.5 Å². The molecule has 2 aromatic heterocycles. The number of nitrogens with one attached hydrogen (secondary N) is 3. The van der Waals surface area contributed by atoms with E-state index in [0.29, 0.717) is 12.2 Å². The molecule has 284 valence electrons. The fraction of sp³-hybridized carbons (Fsp3) is 0.514. The summed E-state index contributed by atoms with van der Waals surface area (Å²) in [6.45, 7) is 16.0. The first-order valence-electron chi connectivity index (χ1n) is 17.5. The van der Waals surface area contributed by atoms with Crippen LogP contribution in [-0.2, 0) is 29.1 Å². The van der Waals surface area contributed by atoms with E-state index in [1.54, 1.807) is 60.6 Å². The Morgan fingerprint density at radius 2 is 1.72 bits per heavy atom. The standard InChI is InChI=1S/C37H48N8O7S/c1-9-13-24-20-37(24,33(48)43-53(50,51)28-17-16-22(2)21-38-28)40-32(47)27-19-25(45-42-31(41-44-45)23-14-11-10-12-15-23)18-26(27)29(46)30(35(3,4)5)39-34(49)52-36(6,7)8/h9-12,14-17,21,24-27,30H,1,13,18-20H2,2-8H3,(H,39,49)(H,40,47)(H,43,48)/t24-,25+,26?,27-,30?,37+/m1/s1. The summed E-state index contributed by atoms with van der Waals surface area (Å²) in [7, 11) is -4.38. The molecule has 2 fully saturated rings. The highest BCUT2D eigenvalue weighted by atomic mass is 32.2. The van der Waals surface area contributed by atoms with E-state index in [2.05, 4.69) is 42.3 Å². The molecule has 15 nitrogen and oxygen atoms in total. The summed E-state index contributed by atoms with van der Waals surface area (Å²) >= 11 is 0. The van der Waals surface area contributed by atoms with E-state index in [1.807, 2.05) is 30.3 Å². The number of allylic oxidation sites excluding steroid dienone is 1. The van der Waals surface area contributed by atoms with Gasteiger partial charge in [0, 0.05) is 23.6 Å². The fourth-order valence-electron chi connectivity index (χ4n) is 6.73. The Labute approximate surface area is 309 Å². The highest BCUT2D eigenvalue weighted by molar-refractivity contribution is 7.90. The van der Waals surface area contributed by atoms with Crippen LogP contribution in [0.5, 0.6) is 0 Å². The van der Waals surface area contributed by atoms with Crippen LogP contribution in [-0.4, -0.2) is 74.5 Å². The van der Waals surface area contributed by atoms with E-state index in [0.717, 1.165) is 11.1 Å². The molecule has 0 spiro atoms. The second kappa shape index (κ2) is 14.8. The summed E-state index contributed by atoms with van der Waals surface area (Å²) in [5.41, 5.74) is -1.73. The first kappa shape index (κ1) is 39.2. The second-order valence-electron chi connectivity index (χ2n) is 16.0. The number of alkyl carbamates (subject to hydrolysis) is 1. The number of nitrogens with zero attached hydrogens (tertiary/aromatic N) is 5. The van der Waals surface area contributed by atoms with E-state index in [-0.39, 0.29) is 24.3 Å². The van der Waals surface area contributed by atoms with Crippen LogP contribution < -0.4 is 15.4 Å². The Kier molecular flexibility index (Phi) is 11.0. The van der Waals surface area contributed by atoms with Crippen LogP contribution in [0, 0.1) is 30.1 Å². The quantitative estimate of drug-likeness (QED) is 0.225. The third kappa shape index (κ3) is 8.98. The van der Waals surface area contributed by atoms with Crippen molar-refractivity contribution in [1.82, 2.24) is 40.5 Å². The van der Waals surface area contributed by atoms with Gasteiger partial charge in [0.05, 0.1) is 12.1 Å². The second-order valence-corrected chi connectivity index (χ2v) is 17.6. The molecule has 53 heavy (non-hydrogen) atoms. The fourth-order valence-corrected chi connectivity index (χ4v) is 7.70. The molecule has 2 saturated carbocycles. The number of aryl methyl sites for hydroxylation is 1. The van der Waals surface area contributed by atoms with Crippen molar-refractivity contribution in [2.24, 2.45) is 23.2 Å². The Hall–Kier alpha value is -4.99. The number of carbonyl (C=O) groups is 4. The van der Waals surface area contributed by atoms with Gasteiger partial charge < -0.3 is 15.4 Å². The molecule has 0 bridgehead atoms. The number of ether oxygens (including phenoxy) is 1. The molecule has 0 radical (unpaired) electrons. The van der Waals surface area contributed by atoms with Gasteiger partial charge >= 0.3 is 6.09 Å². The minimum Gasteiger partial charge on any atom is -0.444 e. The minimum absolute atomic E-state index is 0.103. The molecule has 16 heteroatoms. The number of carbonyl (C=O) groups excluding carboxylic acids is 4. The zero-order chi connectivity index (χ0) is 38.9. The lowest BCUT2D eigenvalue weighted by molar-refractivity contribution is -0.137. The normalized spacial score (nSPS) is 23.4. The van der Waals surface area contributed by atoms with Crippen LogP contribution in [0.4, 0.5) is 4.79 Å². The van der Waals surface area contributed by atoms with E-state index < -0.39 is 80.1 Å². The molecule has 5 rings (SSSR count). The van der Waals surface area contributed by atoms with E-state index in [9.17, 15) is 27.6 Å². The smallest absolute Gasteiger partial charge is 0.408 e. The van der Waals surface area contributed by atoms with Gasteiger partial charge in [-0.2, -0.15) is 13.2 Å². The molecule has 6 atom stereocenters. The van der Waals surface area contributed by atoms with Crippen LogP contribution in [0.3, 0.4) is 0 Å². The third-order valence-corrected chi connectivity index (χ3v) is 10.8. The van der Waals surface area contributed by atoms with E-state index >= 15 is 0 Å². The Bertz CT molecular complexity index is 1970. The molecule has 1 aromatic carbocycles. The largest absolute Gasteiger partial charge is 0.444 e. The van der Waals surface area contributed by atoms with Crippen molar-refractivity contribution in [2.75, 3.05) is 0 Å². The molecule has 3 N–H and O–H groups in total. The molecule has 2 heterocycles. The molecular weight excluding hydrogens is 701 g/mol. The van der Waals surface area contributed by atoms with Gasteiger partial charge in [-0.1, -0.05) is 63.2 Å². The highest BCUT2D eigenvalue weighted by Gasteiger charge is 2.62. The molecule has 0 saturated heterocycles. The molecule has 3 amide bonds. The summed E-state index contributed by atoms with van der Waals surface area (Å²) in [5, 5.41) is 18.3. The number of Topliss-reactive ketones (excluding diaryl/α,β-unsaturated/α-hetero) is 1. The number of pyridine rings is 1. The van der Waals surface area contributed by atoms with Crippen LogP contribution in [0.15, 0.2) is 66.3 Å². The average molecular weight is 749 g/mol. The number of rotatable bonds is 12. The first-order valence-corrected chi connectivity index (χ1v) is 19.0. The molecule has 2 aliphatic carbocycles. The zero-order valence-corrected chi connectivity index (χ0v) is 31.9. The molecule has 2 aliphatic rings. The maximum Gasteiger partial charge on any atom is 0.408 e.